The molecule has 2 N–H and O–H groups in total. The number of nitrogens with one attached hydrogen (secondary N) is 2. The average molecular weight is 340 g/mol. The summed E-state index contributed by atoms with van der Waals surface area (Å²) in [7, 11) is 3.38. The Morgan fingerprint density at radius 1 is 1.22 bits per heavy atom. The first-order valence-corrected chi connectivity index (χ1v) is 8.58. The topological polar surface area (TPSA) is 56.7 Å². The Morgan fingerprint density at radius 2 is 1.91 bits per heavy atom. The van der Waals surface area contributed by atoms with Crippen LogP contribution in [-0.4, -0.2) is 62.9 Å². The van der Waals surface area contributed by atoms with Crippen LogP contribution in [-0.2, 0) is 4.79 Å². The third-order valence-corrected chi connectivity index (χ3v) is 3.89. The molecule has 7 heteroatoms. The van der Waals surface area contributed by atoms with Gasteiger partial charge in [-0.25, -0.2) is 4.99 Å². The minimum Gasteiger partial charge on any atom is -0.356 e. The van der Waals surface area contributed by atoms with Gasteiger partial charge in [-0.2, -0.15) is 0 Å². The summed E-state index contributed by atoms with van der Waals surface area (Å²) in [6.45, 7) is 0.895. The number of alkyl halides is 1. The molecular formula is C16H25FN4OS. The number of thioether (sulfide) groups is 1. The molecule has 0 bridgehead atoms. The maximum Gasteiger partial charge on any atom is 0.243 e. The predicted molar refractivity (Wildman–Crippen MR) is 94.8 cm³/mol. The molecule has 0 unspecified atom stereocenters. The minimum atomic E-state index is -0.374. The summed E-state index contributed by atoms with van der Waals surface area (Å²) in [6.07, 6.45) is 0.418. The quantitative estimate of drug-likeness (QED) is 0.311. The Labute approximate surface area is 141 Å². The second-order valence-corrected chi connectivity index (χ2v) is 6.18. The summed E-state index contributed by atoms with van der Waals surface area (Å²) < 4.78 is 12.2. The summed E-state index contributed by atoms with van der Waals surface area (Å²) in [5.74, 6) is 1.34. The number of guanidine groups is 1. The summed E-state index contributed by atoms with van der Waals surface area (Å²) in [4.78, 5) is 18.5. The van der Waals surface area contributed by atoms with Crippen LogP contribution in [0.1, 0.15) is 6.42 Å². The van der Waals surface area contributed by atoms with Crippen molar-refractivity contribution in [2.45, 2.75) is 11.3 Å². The lowest BCUT2D eigenvalue weighted by molar-refractivity contribution is -0.127. The van der Waals surface area contributed by atoms with Gasteiger partial charge in [0.05, 0.1) is 6.67 Å². The number of hydrogen-bond donors (Lipinski definition) is 2. The van der Waals surface area contributed by atoms with Gasteiger partial charge >= 0.3 is 0 Å². The number of hydrogen-bond acceptors (Lipinski definition) is 3. The first-order chi connectivity index (χ1) is 11.1. The van der Waals surface area contributed by atoms with Crippen molar-refractivity contribution in [2.75, 3.05) is 46.2 Å². The van der Waals surface area contributed by atoms with Gasteiger partial charge in [0.1, 0.15) is 6.54 Å². The third kappa shape index (κ3) is 9.07. The molecule has 23 heavy (non-hydrogen) atoms. The minimum absolute atomic E-state index is 0.0732. The lowest BCUT2D eigenvalue weighted by atomic mass is 10.4. The van der Waals surface area contributed by atoms with Crippen molar-refractivity contribution in [3.63, 3.8) is 0 Å². The Bertz CT molecular complexity index is 482. The van der Waals surface area contributed by atoms with E-state index in [9.17, 15) is 9.18 Å². The number of halogens is 1. The van der Waals surface area contributed by atoms with Crippen molar-refractivity contribution in [2.24, 2.45) is 4.99 Å². The first kappa shape index (κ1) is 19.3. The van der Waals surface area contributed by atoms with Crippen LogP contribution in [0.4, 0.5) is 4.39 Å². The molecule has 1 amide bonds. The van der Waals surface area contributed by atoms with Crippen LogP contribution in [0.15, 0.2) is 40.2 Å². The fraction of sp³-hybridized carbons (Fsp3) is 0.500. The number of aliphatic imine (C=N–C) groups is 1. The maximum atomic E-state index is 12.2. The molecule has 0 aliphatic carbocycles. The van der Waals surface area contributed by atoms with Crippen LogP contribution in [0.2, 0.25) is 0 Å². The van der Waals surface area contributed by atoms with Gasteiger partial charge in [-0.15, -0.1) is 11.8 Å². The average Bonchev–Trinajstić information content (AvgIpc) is 2.56. The van der Waals surface area contributed by atoms with Crippen LogP contribution < -0.4 is 10.6 Å². The summed E-state index contributed by atoms with van der Waals surface area (Å²) in [6, 6.07) is 10.1. The van der Waals surface area contributed by atoms with E-state index < -0.39 is 0 Å². The number of benzene rings is 1. The predicted octanol–water partition coefficient (Wildman–Crippen LogP) is 1.76. The molecule has 128 valence electrons. The van der Waals surface area contributed by atoms with Crippen LogP contribution in [0.25, 0.3) is 0 Å². The number of nitrogens with zero attached hydrogens (tertiary/aromatic N) is 2. The molecule has 0 radical (unpaired) electrons. The SMILES string of the molecule is CN(C)C(=O)CN=C(NCCCF)NCCSc1ccccc1. The van der Waals surface area contributed by atoms with E-state index in [0.717, 1.165) is 5.75 Å². The van der Waals surface area contributed by atoms with E-state index in [1.165, 1.54) is 9.80 Å². The number of likely N-dealkylation sites (N-methyl/N-ethyl adjacent to an activating group) is 1. The highest BCUT2D eigenvalue weighted by atomic mass is 32.2. The fourth-order valence-electron chi connectivity index (χ4n) is 1.59. The zero-order valence-electron chi connectivity index (χ0n) is 13.7. The van der Waals surface area contributed by atoms with Crippen molar-refractivity contribution < 1.29 is 9.18 Å². The molecule has 0 aromatic heterocycles. The van der Waals surface area contributed by atoms with Gasteiger partial charge in [-0.05, 0) is 18.6 Å². The molecule has 0 heterocycles. The van der Waals surface area contributed by atoms with Crippen molar-refractivity contribution in [3.8, 4) is 0 Å². The Hall–Kier alpha value is -1.76. The molecule has 0 saturated heterocycles. The largest absolute Gasteiger partial charge is 0.356 e. The molecule has 0 fully saturated rings. The van der Waals surface area contributed by atoms with Crippen LogP contribution in [0.5, 0.6) is 0 Å². The maximum absolute atomic E-state index is 12.2. The second kappa shape index (κ2) is 11.8. The number of amides is 1. The van der Waals surface area contributed by atoms with E-state index in [4.69, 9.17) is 0 Å². The first-order valence-electron chi connectivity index (χ1n) is 7.59. The molecule has 0 atom stereocenters. The lowest BCUT2D eigenvalue weighted by Crippen LogP contribution is -2.40. The monoisotopic (exact) mass is 340 g/mol. The standard InChI is InChI=1S/C16H25FN4OS/c1-21(2)15(22)13-20-16(18-10-6-9-17)19-11-12-23-14-7-4-3-5-8-14/h3-5,7-8H,6,9-13H2,1-2H3,(H2,18,19,20). The molecule has 1 rings (SSSR count). The molecular weight excluding hydrogens is 315 g/mol. The number of rotatable bonds is 9. The van der Waals surface area contributed by atoms with E-state index >= 15 is 0 Å². The van der Waals surface area contributed by atoms with E-state index in [1.807, 2.05) is 18.2 Å². The molecule has 0 aliphatic heterocycles. The van der Waals surface area contributed by atoms with E-state index in [2.05, 4.69) is 27.8 Å². The van der Waals surface area contributed by atoms with Crippen molar-refractivity contribution in [3.05, 3.63) is 30.3 Å². The highest BCUT2D eigenvalue weighted by Gasteiger charge is 2.04. The van der Waals surface area contributed by atoms with Crippen molar-refractivity contribution >= 4 is 23.6 Å². The summed E-state index contributed by atoms with van der Waals surface area (Å²) >= 11 is 1.74. The Balaban J connectivity index is 2.38. The van der Waals surface area contributed by atoms with Gasteiger partial charge in [0, 0.05) is 37.8 Å². The molecule has 5 nitrogen and oxygen atoms in total. The zero-order chi connectivity index (χ0) is 16.9. The Morgan fingerprint density at radius 3 is 2.57 bits per heavy atom. The van der Waals surface area contributed by atoms with Gasteiger partial charge in [0.25, 0.3) is 0 Å². The van der Waals surface area contributed by atoms with Crippen LogP contribution in [0, 0.1) is 0 Å². The molecule has 0 aliphatic rings. The second-order valence-electron chi connectivity index (χ2n) is 5.01. The van der Waals surface area contributed by atoms with Gasteiger partial charge in [-0.3, -0.25) is 9.18 Å². The van der Waals surface area contributed by atoms with E-state index in [0.29, 0.717) is 25.5 Å². The lowest BCUT2D eigenvalue weighted by Gasteiger charge is -2.13. The zero-order valence-corrected chi connectivity index (χ0v) is 14.5. The molecule has 1 aromatic rings. The highest BCUT2D eigenvalue weighted by molar-refractivity contribution is 7.99. The highest BCUT2D eigenvalue weighted by Crippen LogP contribution is 2.15. The smallest absolute Gasteiger partial charge is 0.243 e. The van der Waals surface area contributed by atoms with E-state index in [-0.39, 0.29) is 19.1 Å². The van der Waals surface area contributed by atoms with Gasteiger partial charge in [0.15, 0.2) is 5.96 Å². The van der Waals surface area contributed by atoms with Gasteiger partial charge in [0.2, 0.25) is 5.91 Å². The van der Waals surface area contributed by atoms with Gasteiger partial charge in [-0.1, -0.05) is 18.2 Å². The summed E-state index contributed by atoms with van der Waals surface area (Å²) in [5, 5.41) is 6.20. The van der Waals surface area contributed by atoms with Gasteiger partial charge < -0.3 is 15.5 Å². The van der Waals surface area contributed by atoms with E-state index in [1.54, 1.807) is 25.9 Å². The normalized spacial score (nSPS) is 11.2. The number of carbonyl (C=O) groups is 1. The number of carbonyl (C=O) groups excluding carboxylic acids is 1. The molecule has 0 saturated carbocycles. The molecule has 0 spiro atoms. The molecule has 1 aromatic carbocycles. The third-order valence-electron chi connectivity index (χ3n) is 2.88. The Kier molecular flexibility index (Phi) is 9.86. The summed E-state index contributed by atoms with van der Waals surface area (Å²) in [5.41, 5.74) is 0. The van der Waals surface area contributed by atoms with Crippen LogP contribution >= 0.6 is 11.8 Å². The van der Waals surface area contributed by atoms with Crippen molar-refractivity contribution in [1.29, 1.82) is 0 Å². The van der Waals surface area contributed by atoms with Crippen molar-refractivity contribution in [1.82, 2.24) is 15.5 Å². The van der Waals surface area contributed by atoms with Crippen LogP contribution in [0.3, 0.4) is 0 Å². The fourth-order valence-corrected chi connectivity index (χ4v) is 2.38.